The van der Waals surface area contributed by atoms with E-state index in [1.807, 2.05) is 25.1 Å². The molecular weight excluding hydrogens is 402 g/mol. The largest absolute Gasteiger partial charge is 0.408 e. The molecule has 0 bridgehead atoms. The highest BCUT2D eigenvalue weighted by molar-refractivity contribution is 5.63. The Morgan fingerprint density at radius 2 is 1.41 bits per heavy atom. The van der Waals surface area contributed by atoms with Crippen molar-refractivity contribution in [3.63, 3.8) is 0 Å². The summed E-state index contributed by atoms with van der Waals surface area (Å²) in [5.74, 6) is -0.825. The first kappa shape index (κ1) is 23.2. The van der Waals surface area contributed by atoms with Crippen LogP contribution in [0.25, 0.3) is 5.57 Å². The number of allylic oxidation sites excluding steroid dienone is 1. The fourth-order valence-electron chi connectivity index (χ4n) is 2.69. The van der Waals surface area contributed by atoms with Gasteiger partial charge in [0.05, 0.1) is 0 Å². The minimum absolute atomic E-state index is 0.0558. The fraction of sp³-hybridized carbons (Fsp3) is 0.706. The minimum atomic E-state index is -4.57. The van der Waals surface area contributed by atoms with Gasteiger partial charge in [-0.1, -0.05) is 6.08 Å². The molecule has 29 heavy (non-hydrogen) atoms. The molecule has 164 valence electrons. The van der Waals surface area contributed by atoms with Crippen LogP contribution in [0.4, 0.5) is 38.2 Å². The van der Waals surface area contributed by atoms with E-state index in [1.54, 1.807) is 0 Å². The maximum atomic E-state index is 12.9. The Morgan fingerprint density at radius 3 is 1.83 bits per heavy atom. The minimum Gasteiger partial charge on any atom is -0.343 e. The molecule has 0 saturated carbocycles. The van der Waals surface area contributed by atoms with E-state index in [4.69, 9.17) is 0 Å². The number of halogens is 6. The lowest BCUT2D eigenvalue weighted by Gasteiger charge is -2.26. The second-order valence-corrected chi connectivity index (χ2v) is 7.24. The third-order valence-electron chi connectivity index (χ3n) is 4.60. The highest BCUT2D eigenvalue weighted by Crippen LogP contribution is 2.29. The van der Waals surface area contributed by atoms with Gasteiger partial charge in [-0.25, -0.2) is 0 Å². The van der Waals surface area contributed by atoms with E-state index >= 15 is 0 Å². The fourth-order valence-corrected chi connectivity index (χ4v) is 2.69. The van der Waals surface area contributed by atoms with Gasteiger partial charge in [0.25, 0.3) is 0 Å². The standard InChI is InChI=1S/C17H24F6N6/c1-9(16(18,19)20)24-14-26-13(11-6-5-7-12(8-11)29(3)4)27-15(28-14)25-10(2)17(21,22)23/h8-10,12H,5-7H2,1-4H3,(H2,24,25,26,27,28)/t9-,10?,12?/m1/s1. The molecular formula is C17H24F6N6. The Kier molecular flexibility index (Phi) is 6.97. The summed E-state index contributed by atoms with van der Waals surface area (Å²) in [4.78, 5) is 13.7. The van der Waals surface area contributed by atoms with Crippen molar-refractivity contribution in [2.75, 3.05) is 24.7 Å². The first-order valence-corrected chi connectivity index (χ1v) is 9.07. The van der Waals surface area contributed by atoms with Crippen LogP contribution in [0.3, 0.4) is 0 Å². The van der Waals surface area contributed by atoms with Gasteiger partial charge in [0.15, 0.2) is 5.82 Å². The van der Waals surface area contributed by atoms with Gasteiger partial charge in [0.1, 0.15) is 12.1 Å². The molecule has 2 N–H and O–H groups in total. The summed E-state index contributed by atoms with van der Waals surface area (Å²) in [6, 6.07) is -3.90. The number of likely N-dealkylation sites (N-methyl/N-ethyl adjacent to an activating group) is 1. The van der Waals surface area contributed by atoms with Crippen LogP contribution in [0.5, 0.6) is 0 Å². The Balaban J connectivity index is 2.41. The van der Waals surface area contributed by atoms with Gasteiger partial charge in [-0.2, -0.15) is 41.3 Å². The zero-order valence-electron chi connectivity index (χ0n) is 16.5. The molecule has 2 unspecified atom stereocenters. The number of aromatic nitrogens is 3. The van der Waals surface area contributed by atoms with Crippen LogP contribution in [0.2, 0.25) is 0 Å². The molecule has 0 saturated heterocycles. The molecule has 0 fully saturated rings. The Bertz CT molecular complexity index is 690. The summed E-state index contributed by atoms with van der Waals surface area (Å²) in [7, 11) is 3.76. The smallest absolute Gasteiger partial charge is 0.343 e. The van der Waals surface area contributed by atoms with E-state index in [1.165, 1.54) is 0 Å². The van der Waals surface area contributed by atoms with E-state index in [0.29, 0.717) is 12.0 Å². The number of nitrogens with one attached hydrogen (secondary N) is 2. The predicted molar refractivity (Wildman–Crippen MR) is 97.4 cm³/mol. The lowest BCUT2D eigenvalue weighted by Crippen LogP contribution is -2.35. The van der Waals surface area contributed by atoms with Gasteiger partial charge in [0.2, 0.25) is 11.9 Å². The molecule has 1 aromatic heterocycles. The second-order valence-electron chi connectivity index (χ2n) is 7.24. The molecule has 0 aromatic carbocycles. The van der Waals surface area contributed by atoms with Gasteiger partial charge >= 0.3 is 12.4 Å². The van der Waals surface area contributed by atoms with Crippen LogP contribution >= 0.6 is 0 Å². The van der Waals surface area contributed by atoms with Crippen molar-refractivity contribution in [2.24, 2.45) is 0 Å². The first-order valence-electron chi connectivity index (χ1n) is 9.07. The molecule has 1 aliphatic rings. The SMILES string of the molecule is CC(Nc1nc(N[C@H](C)C(F)(F)F)nc(C2=CC(N(C)C)CCC2)n1)C(F)(F)F. The molecule has 0 amide bonds. The van der Waals surface area contributed by atoms with Gasteiger partial charge < -0.3 is 15.5 Å². The third kappa shape index (κ3) is 6.44. The van der Waals surface area contributed by atoms with E-state index in [9.17, 15) is 26.3 Å². The summed E-state index contributed by atoms with van der Waals surface area (Å²) in [6.07, 6.45) is -5.01. The summed E-state index contributed by atoms with van der Waals surface area (Å²) >= 11 is 0. The molecule has 3 atom stereocenters. The van der Waals surface area contributed by atoms with Crippen molar-refractivity contribution in [1.82, 2.24) is 19.9 Å². The monoisotopic (exact) mass is 426 g/mol. The number of hydrogen-bond donors (Lipinski definition) is 2. The lowest BCUT2D eigenvalue weighted by molar-refractivity contribution is -0.139. The Hall–Kier alpha value is -2.11. The highest BCUT2D eigenvalue weighted by atomic mass is 19.4. The van der Waals surface area contributed by atoms with Crippen LogP contribution in [-0.2, 0) is 0 Å². The van der Waals surface area contributed by atoms with Crippen molar-refractivity contribution < 1.29 is 26.3 Å². The molecule has 12 heteroatoms. The summed E-state index contributed by atoms with van der Waals surface area (Å²) < 4.78 is 77.3. The van der Waals surface area contributed by atoms with E-state index in [0.717, 1.165) is 26.7 Å². The average Bonchev–Trinajstić information content (AvgIpc) is 2.60. The van der Waals surface area contributed by atoms with Gasteiger partial charge in [-0.3, -0.25) is 0 Å². The molecule has 0 spiro atoms. The molecule has 2 rings (SSSR count). The topological polar surface area (TPSA) is 66.0 Å². The number of anilines is 2. The normalized spacial score (nSPS) is 20.2. The molecule has 1 aliphatic carbocycles. The maximum absolute atomic E-state index is 12.9. The van der Waals surface area contributed by atoms with Crippen LogP contribution in [0.1, 0.15) is 38.9 Å². The summed E-state index contributed by atoms with van der Waals surface area (Å²) in [5.41, 5.74) is 0.655. The van der Waals surface area contributed by atoms with Crippen molar-refractivity contribution in [2.45, 2.75) is 63.6 Å². The van der Waals surface area contributed by atoms with Gasteiger partial charge in [-0.15, -0.1) is 0 Å². The van der Waals surface area contributed by atoms with E-state index in [-0.39, 0.29) is 11.9 Å². The van der Waals surface area contributed by atoms with E-state index < -0.39 is 36.3 Å². The van der Waals surface area contributed by atoms with Crippen LogP contribution < -0.4 is 10.6 Å². The molecule has 0 aliphatic heterocycles. The van der Waals surface area contributed by atoms with E-state index in [2.05, 4.69) is 25.6 Å². The van der Waals surface area contributed by atoms with Gasteiger partial charge in [-0.05, 0) is 52.8 Å². The number of nitrogens with zero attached hydrogens (tertiary/aromatic N) is 4. The Labute approximate surface area is 164 Å². The second kappa shape index (κ2) is 8.72. The quantitative estimate of drug-likeness (QED) is 0.668. The Morgan fingerprint density at radius 1 is 0.931 bits per heavy atom. The van der Waals surface area contributed by atoms with Crippen LogP contribution in [0, 0.1) is 0 Å². The maximum Gasteiger partial charge on any atom is 0.408 e. The molecule has 6 nitrogen and oxygen atoms in total. The third-order valence-corrected chi connectivity index (χ3v) is 4.60. The molecule has 1 aromatic rings. The number of hydrogen-bond acceptors (Lipinski definition) is 6. The molecule has 0 radical (unpaired) electrons. The van der Waals surface area contributed by atoms with Crippen molar-refractivity contribution in [3.05, 3.63) is 11.9 Å². The zero-order chi connectivity index (χ0) is 22.0. The average molecular weight is 426 g/mol. The van der Waals surface area contributed by atoms with Crippen LogP contribution in [0.15, 0.2) is 6.08 Å². The summed E-state index contributed by atoms with van der Waals surface area (Å²) in [5, 5.41) is 4.20. The zero-order valence-corrected chi connectivity index (χ0v) is 16.5. The van der Waals surface area contributed by atoms with Gasteiger partial charge in [0, 0.05) is 6.04 Å². The number of alkyl halides is 6. The highest BCUT2D eigenvalue weighted by Gasteiger charge is 2.38. The number of rotatable bonds is 6. The van der Waals surface area contributed by atoms with Crippen molar-refractivity contribution in [1.29, 1.82) is 0 Å². The van der Waals surface area contributed by atoms with Crippen molar-refractivity contribution >= 4 is 17.5 Å². The predicted octanol–water partition coefficient (Wildman–Crippen LogP) is 4.09. The van der Waals surface area contributed by atoms with Crippen LogP contribution in [-0.4, -0.2) is 64.4 Å². The lowest BCUT2D eigenvalue weighted by atomic mass is 9.94. The first-order chi connectivity index (χ1) is 13.3. The van der Waals surface area contributed by atoms with Crippen molar-refractivity contribution in [3.8, 4) is 0 Å². The summed E-state index contributed by atoms with van der Waals surface area (Å²) in [6.45, 7) is 1.74. The molecule has 1 heterocycles.